The Morgan fingerprint density at radius 3 is 2.68 bits per heavy atom. The van der Waals surface area contributed by atoms with Gasteiger partial charge in [0.05, 0.1) is 23.9 Å². The van der Waals surface area contributed by atoms with Crippen molar-refractivity contribution >= 4 is 40.0 Å². The van der Waals surface area contributed by atoms with Gasteiger partial charge in [0.25, 0.3) is 0 Å². The summed E-state index contributed by atoms with van der Waals surface area (Å²) in [5, 5.41) is 16.4. The first-order valence-corrected chi connectivity index (χ1v) is 11.8. The number of hydrogen-bond donors (Lipinski definition) is 2. The number of likely N-dealkylation sites (N-methyl/N-ethyl adjacent to an activating group) is 2. The van der Waals surface area contributed by atoms with Crippen molar-refractivity contribution in [2.24, 2.45) is 0 Å². The van der Waals surface area contributed by atoms with Gasteiger partial charge in [0, 0.05) is 37.9 Å². The molecule has 0 saturated carbocycles. The highest BCUT2D eigenvalue weighted by atomic mass is 16.5. The van der Waals surface area contributed by atoms with E-state index < -0.39 is 0 Å². The Labute approximate surface area is 221 Å². The Hall–Kier alpha value is -4.95. The first-order chi connectivity index (χ1) is 18.3. The zero-order valence-electron chi connectivity index (χ0n) is 21.8. The molecule has 4 rings (SSSR count). The van der Waals surface area contributed by atoms with Crippen molar-refractivity contribution in [2.75, 3.05) is 56.9 Å². The van der Waals surface area contributed by atoms with Crippen LogP contribution in [0.15, 0.2) is 61.4 Å². The molecule has 0 bridgehead atoms. The van der Waals surface area contributed by atoms with Crippen LogP contribution in [-0.4, -0.2) is 71.7 Å². The Kier molecular flexibility index (Phi) is 7.84. The fraction of sp³-hybridized carbons (Fsp3) is 0.222. The average molecular weight is 512 g/mol. The lowest BCUT2D eigenvalue weighted by atomic mass is 10.2. The van der Waals surface area contributed by atoms with Gasteiger partial charge in [-0.15, -0.1) is 0 Å². The third-order valence-corrected chi connectivity index (χ3v) is 5.81. The molecule has 0 atom stereocenters. The van der Waals surface area contributed by atoms with Gasteiger partial charge < -0.3 is 25.2 Å². The van der Waals surface area contributed by atoms with E-state index in [0.29, 0.717) is 41.0 Å². The Bertz CT molecular complexity index is 1520. The smallest absolute Gasteiger partial charge is 0.247 e. The summed E-state index contributed by atoms with van der Waals surface area (Å²) < 4.78 is 7.41. The van der Waals surface area contributed by atoms with Crippen LogP contribution in [0.5, 0.6) is 5.88 Å². The second-order valence-electron chi connectivity index (χ2n) is 8.74. The Morgan fingerprint density at radius 2 is 1.97 bits per heavy atom. The molecule has 0 saturated heterocycles. The van der Waals surface area contributed by atoms with E-state index in [2.05, 4.69) is 43.1 Å². The van der Waals surface area contributed by atoms with E-state index in [-0.39, 0.29) is 11.9 Å². The lowest BCUT2D eigenvalue weighted by Gasteiger charge is -2.24. The third-order valence-electron chi connectivity index (χ3n) is 5.81. The second-order valence-corrected chi connectivity index (χ2v) is 8.74. The molecule has 1 aromatic carbocycles. The van der Waals surface area contributed by atoms with Gasteiger partial charge in [0.15, 0.2) is 5.82 Å². The molecule has 0 aliphatic rings. The zero-order valence-corrected chi connectivity index (χ0v) is 21.8. The largest absolute Gasteiger partial charge is 0.479 e. The minimum atomic E-state index is -0.365. The molecule has 3 aromatic heterocycles. The maximum atomic E-state index is 12.2. The molecule has 0 spiro atoms. The molecular weight excluding hydrogens is 482 g/mol. The number of para-hydroxylation sites is 1. The van der Waals surface area contributed by atoms with E-state index in [1.807, 2.05) is 54.9 Å². The number of pyridine rings is 1. The number of amides is 1. The third kappa shape index (κ3) is 5.55. The van der Waals surface area contributed by atoms with Gasteiger partial charge >= 0.3 is 0 Å². The fourth-order valence-corrected chi connectivity index (χ4v) is 3.88. The number of carbonyl (C=O) groups excluding carboxylic acids is 1. The lowest BCUT2D eigenvalue weighted by molar-refractivity contribution is -0.111. The van der Waals surface area contributed by atoms with Crippen LogP contribution in [0.2, 0.25) is 0 Å². The minimum absolute atomic E-state index is 0.286. The van der Waals surface area contributed by atoms with Crippen LogP contribution in [0.1, 0.15) is 5.56 Å². The summed E-state index contributed by atoms with van der Waals surface area (Å²) in [5.41, 5.74) is 2.35. The first-order valence-electron chi connectivity index (χ1n) is 11.8. The summed E-state index contributed by atoms with van der Waals surface area (Å²) in [4.78, 5) is 29.9. The standard InChI is InChI=1S/C27H29N9O2/c1-6-24(37)30-20-15-21(26(38-5)33-25(20)35(4)14-13-34(2)3)31-27-29-12-11-23(32-27)36-17-18(16-28)19-9-7-8-10-22(19)36/h6-12,15,17H,1,13-14H2,2-5H3,(H,30,37)(H,29,31,32). The number of carbonyl (C=O) groups is 1. The summed E-state index contributed by atoms with van der Waals surface area (Å²) >= 11 is 0. The number of rotatable bonds is 10. The molecule has 0 aliphatic carbocycles. The first kappa shape index (κ1) is 26.1. The van der Waals surface area contributed by atoms with E-state index in [1.54, 1.807) is 24.5 Å². The normalized spacial score (nSPS) is 10.7. The number of anilines is 4. The van der Waals surface area contributed by atoms with E-state index in [4.69, 9.17) is 4.74 Å². The molecule has 1 amide bonds. The molecule has 3 heterocycles. The van der Waals surface area contributed by atoms with Crippen LogP contribution < -0.4 is 20.3 Å². The SMILES string of the molecule is C=CC(=O)Nc1cc(Nc2nccc(-n3cc(C#N)c4ccccc43)n2)c(OC)nc1N(C)CCN(C)C. The lowest BCUT2D eigenvalue weighted by Crippen LogP contribution is -2.30. The fourth-order valence-electron chi connectivity index (χ4n) is 3.88. The molecule has 11 heteroatoms. The summed E-state index contributed by atoms with van der Waals surface area (Å²) in [6.07, 6.45) is 4.57. The number of ether oxygens (including phenoxy) is 1. The molecule has 0 radical (unpaired) electrons. The molecule has 0 aliphatic heterocycles. The van der Waals surface area contributed by atoms with Gasteiger partial charge in [0.1, 0.15) is 17.6 Å². The van der Waals surface area contributed by atoms with Crippen molar-refractivity contribution in [1.82, 2.24) is 24.4 Å². The predicted octanol–water partition coefficient (Wildman–Crippen LogP) is 3.56. The summed E-state index contributed by atoms with van der Waals surface area (Å²) in [7, 11) is 7.39. The van der Waals surface area contributed by atoms with Crippen molar-refractivity contribution < 1.29 is 9.53 Å². The van der Waals surface area contributed by atoms with E-state index in [0.717, 1.165) is 17.4 Å². The van der Waals surface area contributed by atoms with E-state index in [1.165, 1.54) is 13.2 Å². The molecule has 0 fully saturated rings. The summed E-state index contributed by atoms with van der Waals surface area (Å²) in [5.74, 6) is 1.35. The number of hydrogen-bond acceptors (Lipinski definition) is 9. The van der Waals surface area contributed by atoms with Gasteiger partial charge in [0.2, 0.25) is 17.7 Å². The number of nitrogens with zero attached hydrogens (tertiary/aromatic N) is 7. The van der Waals surface area contributed by atoms with E-state index >= 15 is 0 Å². The Morgan fingerprint density at radius 1 is 1.18 bits per heavy atom. The maximum absolute atomic E-state index is 12.2. The quantitative estimate of drug-likeness (QED) is 0.308. The zero-order chi connectivity index (χ0) is 27.2. The van der Waals surface area contributed by atoms with Crippen molar-refractivity contribution in [3.05, 3.63) is 67.0 Å². The molecule has 194 valence electrons. The molecule has 0 unspecified atom stereocenters. The highest BCUT2D eigenvalue weighted by Crippen LogP contribution is 2.34. The van der Waals surface area contributed by atoms with Crippen molar-refractivity contribution in [3.63, 3.8) is 0 Å². The summed E-state index contributed by atoms with van der Waals surface area (Å²) in [6.45, 7) is 5.01. The number of methoxy groups -OCH3 is 1. The Balaban J connectivity index is 1.72. The molecular formula is C27H29N9O2. The number of nitriles is 1. The number of nitrogens with one attached hydrogen (secondary N) is 2. The van der Waals surface area contributed by atoms with Crippen LogP contribution in [0.4, 0.5) is 23.1 Å². The van der Waals surface area contributed by atoms with Gasteiger partial charge in [-0.1, -0.05) is 24.8 Å². The highest BCUT2D eigenvalue weighted by Gasteiger charge is 2.18. The topological polar surface area (TPSA) is 124 Å². The van der Waals surface area contributed by atoms with Gasteiger partial charge in [-0.25, -0.2) is 4.98 Å². The molecule has 38 heavy (non-hydrogen) atoms. The maximum Gasteiger partial charge on any atom is 0.247 e. The second kappa shape index (κ2) is 11.4. The van der Waals surface area contributed by atoms with Crippen molar-refractivity contribution in [1.29, 1.82) is 5.26 Å². The molecule has 11 nitrogen and oxygen atoms in total. The van der Waals surface area contributed by atoms with Crippen LogP contribution in [-0.2, 0) is 4.79 Å². The predicted molar refractivity (Wildman–Crippen MR) is 148 cm³/mol. The van der Waals surface area contributed by atoms with Crippen LogP contribution in [0, 0.1) is 11.3 Å². The highest BCUT2D eigenvalue weighted by molar-refractivity contribution is 6.01. The number of fused-ring (bicyclic) bond motifs is 1. The van der Waals surface area contributed by atoms with Crippen LogP contribution in [0.25, 0.3) is 16.7 Å². The van der Waals surface area contributed by atoms with Crippen molar-refractivity contribution in [3.8, 4) is 17.8 Å². The van der Waals surface area contributed by atoms with Crippen LogP contribution in [0.3, 0.4) is 0 Å². The monoisotopic (exact) mass is 511 g/mol. The van der Waals surface area contributed by atoms with Gasteiger partial charge in [-0.2, -0.15) is 15.2 Å². The summed E-state index contributed by atoms with van der Waals surface area (Å²) in [6, 6.07) is 13.3. The van der Waals surface area contributed by atoms with Crippen molar-refractivity contribution in [2.45, 2.75) is 0 Å². The molecule has 2 N–H and O–H groups in total. The number of benzene rings is 1. The minimum Gasteiger partial charge on any atom is -0.479 e. The average Bonchev–Trinajstić information content (AvgIpc) is 3.31. The molecule has 4 aromatic rings. The number of aromatic nitrogens is 4. The van der Waals surface area contributed by atoms with E-state index in [9.17, 15) is 10.1 Å². The van der Waals surface area contributed by atoms with Gasteiger partial charge in [-0.05, 0) is 38.4 Å². The van der Waals surface area contributed by atoms with Crippen LogP contribution >= 0.6 is 0 Å². The van der Waals surface area contributed by atoms with Gasteiger partial charge in [-0.3, -0.25) is 9.36 Å².